The van der Waals surface area contributed by atoms with Crippen LogP contribution in [0.25, 0.3) is 0 Å². The second-order valence-electron chi connectivity index (χ2n) is 8.26. The highest BCUT2D eigenvalue weighted by atomic mass is 15.1. The molecule has 2 fully saturated rings. The molecule has 0 radical (unpaired) electrons. The molecule has 3 unspecified atom stereocenters. The van der Waals surface area contributed by atoms with Crippen molar-refractivity contribution in [2.24, 2.45) is 11.8 Å². The van der Waals surface area contributed by atoms with Crippen molar-refractivity contribution in [1.29, 1.82) is 0 Å². The number of para-hydroxylation sites is 1. The minimum absolute atomic E-state index is 0.511. The highest BCUT2D eigenvalue weighted by molar-refractivity contribution is 5.61. The summed E-state index contributed by atoms with van der Waals surface area (Å²) >= 11 is 0. The van der Waals surface area contributed by atoms with Gasteiger partial charge in [-0.15, -0.1) is 0 Å². The standard InChI is InChI=1S/C21H33N3/c1-15-6-5-9-17-12-19(24-21(15)17)14-23-20-11-10-18(13-22-20)16-7-3-2-4-8-16/h5-6,9,16,18-20,22-24H,2-4,7-8,10-14H2,1H3. The van der Waals surface area contributed by atoms with E-state index in [9.17, 15) is 0 Å². The van der Waals surface area contributed by atoms with Gasteiger partial charge in [-0.3, -0.25) is 5.32 Å². The van der Waals surface area contributed by atoms with Gasteiger partial charge in [0.25, 0.3) is 0 Å². The zero-order valence-electron chi connectivity index (χ0n) is 15.1. The molecular formula is C21H33N3. The topological polar surface area (TPSA) is 36.1 Å². The maximum Gasteiger partial charge on any atom is 0.0572 e. The fraction of sp³-hybridized carbons (Fsp3) is 0.714. The third-order valence-electron chi connectivity index (χ3n) is 6.55. The maximum absolute atomic E-state index is 3.78. The Morgan fingerprint density at radius 3 is 2.67 bits per heavy atom. The number of hydrogen-bond acceptors (Lipinski definition) is 3. The lowest BCUT2D eigenvalue weighted by atomic mass is 9.76. The molecule has 3 atom stereocenters. The Balaban J connectivity index is 1.21. The van der Waals surface area contributed by atoms with Gasteiger partial charge in [-0.25, -0.2) is 0 Å². The molecule has 132 valence electrons. The van der Waals surface area contributed by atoms with Crippen LogP contribution in [0.2, 0.25) is 0 Å². The summed E-state index contributed by atoms with van der Waals surface area (Å²) < 4.78 is 0. The molecule has 24 heavy (non-hydrogen) atoms. The summed E-state index contributed by atoms with van der Waals surface area (Å²) in [5.74, 6) is 1.93. The fourth-order valence-electron chi connectivity index (χ4n) is 5.09. The number of benzene rings is 1. The highest BCUT2D eigenvalue weighted by Gasteiger charge is 2.29. The lowest BCUT2D eigenvalue weighted by Crippen LogP contribution is -2.51. The van der Waals surface area contributed by atoms with Crippen molar-refractivity contribution in [3.05, 3.63) is 29.3 Å². The van der Waals surface area contributed by atoms with Crippen molar-refractivity contribution in [2.45, 2.75) is 70.5 Å². The van der Waals surface area contributed by atoms with Gasteiger partial charge in [0.15, 0.2) is 0 Å². The van der Waals surface area contributed by atoms with E-state index >= 15 is 0 Å². The van der Waals surface area contributed by atoms with Gasteiger partial charge in [0.05, 0.1) is 6.17 Å². The van der Waals surface area contributed by atoms with Gasteiger partial charge < -0.3 is 10.6 Å². The number of anilines is 1. The van der Waals surface area contributed by atoms with Crippen LogP contribution < -0.4 is 16.0 Å². The van der Waals surface area contributed by atoms with E-state index in [1.54, 1.807) is 0 Å². The molecule has 0 amide bonds. The van der Waals surface area contributed by atoms with E-state index in [0.717, 1.165) is 24.8 Å². The SMILES string of the molecule is Cc1cccc2c1NC(CNC1CCC(C3CCCCC3)CN1)C2. The Labute approximate surface area is 147 Å². The summed E-state index contributed by atoms with van der Waals surface area (Å²) in [7, 11) is 0. The van der Waals surface area contributed by atoms with Crippen LogP contribution in [0.1, 0.15) is 56.1 Å². The van der Waals surface area contributed by atoms with E-state index < -0.39 is 0 Å². The first kappa shape index (κ1) is 16.4. The van der Waals surface area contributed by atoms with Crippen LogP contribution in [0.5, 0.6) is 0 Å². The van der Waals surface area contributed by atoms with E-state index in [2.05, 4.69) is 41.1 Å². The predicted octanol–water partition coefficient (Wildman–Crippen LogP) is 3.83. The number of rotatable bonds is 4. The average molecular weight is 328 g/mol. The molecule has 3 heteroatoms. The van der Waals surface area contributed by atoms with E-state index in [0.29, 0.717) is 12.2 Å². The second-order valence-corrected chi connectivity index (χ2v) is 8.26. The molecule has 1 aromatic carbocycles. The van der Waals surface area contributed by atoms with E-state index in [-0.39, 0.29) is 0 Å². The highest BCUT2D eigenvalue weighted by Crippen LogP contribution is 2.34. The largest absolute Gasteiger partial charge is 0.380 e. The summed E-state index contributed by atoms with van der Waals surface area (Å²) in [6.07, 6.45) is 11.7. The Morgan fingerprint density at radius 2 is 1.92 bits per heavy atom. The fourth-order valence-corrected chi connectivity index (χ4v) is 5.09. The first-order chi connectivity index (χ1) is 11.8. The number of nitrogens with one attached hydrogen (secondary N) is 3. The molecular weight excluding hydrogens is 294 g/mol. The molecule has 1 aliphatic carbocycles. The normalized spacial score (nSPS) is 30.8. The minimum atomic E-state index is 0.511. The Kier molecular flexibility index (Phi) is 5.09. The molecule has 1 saturated heterocycles. The molecule has 4 rings (SSSR count). The van der Waals surface area contributed by atoms with Gasteiger partial charge in [-0.2, -0.15) is 0 Å². The number of aryl methyl sites for hydroxylation is 1. The zero-order valence-corrected chi connectivity index (χ0v) is 15.1. The Hall–Kier alpha value is -1.06. The molecule has 2 aliphatic heterocycles. The number of fused-ring (bicyclic) bond motifs is 1. The van der Waals surface area contributed by atoms with Gasteiger partial charge in [0, 0.05) is 18.3 Å². The molecule has 0 spiro atoms. The quantitative estimate of drug-likeness (QED) is 0.786. The van der Waals surface area contributed by atoms with Crippen molar-refractivity contribution >= 4 is 5.69 Å². The molecule has 3 aliphatic rings. The lowest BCUT2D eigenvalue weighted by Gasteiger charge is -2.37. The van der Waals surface area contributed by atoms with Crippen LogP contribution in [0, 0.1) is 18.8 Å². The van der Waals surface area contributed by atoms with Crippen LogP contribution in [-0.2, 0) is 6.42 Å². The monoisotopic (exact) mass is 327 g/mol. The van der Waals surface area contributed by atoms with E-state index in [1.807, 2.05) is 0 Å². The molecule has 0 aromatic heterocycles. The third-order valence-corrected chi connectivity index (χ3v) is 6.55. The predicted molar refractivity (Wildman–Crippen MR) is 101 cm³/mol. The first-order valence-electron chi connectivity index (χ1n) is 10.1. The van der Waals surface area contributed by atoms with Crippen molar-refractivity contribution in [1.82, 2.24) is 10.6 Å². The van der Waals surface area contributed by atoms with Crippen molar-refractivity contribution < 1.29 is 0 Å². The van der Waals surface area contributed by atoms with Crippen LogP contribution in [0.4, 0.5) is 5.69 Å². The smallest absolute Gasteiger partial charge is 0.0572 e. The third kappa shape index (κ3) is 3.62. The van der Waals surface area contributed by atoms with Gasteiger partial charge >= 0.3 is 0 Å². The van der Waals surface area contributed by atoms with E-state index in [4.69, 9.17) is 0 Å². The first-order valence-corrected chi connectivity index (χ1v) is 10.1. The summed E-state index contributed by atoms with van der Waals surface area (Å²) in [5.41, 5.74) is 4.23. The van der Waals surface area contributed by atoms with Gasteiger partial charge in [0.2, 0.25) is 0 Å². The zero-order chi connectivity index (χ0) is 16.4. The Bertz CT molecular complexity index is 542. The molecule has 1 saturated carbocycles. The van der Waals surface area contributed by atoms with Crippen molar-refractivity contribution in [3.63, 3.8) is 0 Å². The number of piperidine rings is 1. The molecule has 0 bridgehead atoms. The van der Waals surface area contributed by atoms with Crippen molar-refractivity contribution in [2.75, 3.05) is 18.4 Å². The Morgan fingerprint density at radius 1 is 1.04 bits per heavy atom. The van der Waals surface area contributed by atoms with Crippen LogP contribution >= 0.6 is 0 Å². The average Bonchev–Trinajstić information content (AvgIpc) is 3.06. The summed E-state index contributed by atoms with van der Waals surface area (Å²) in [6.45, 7) is 4.48. The maximum atomic E-state index is 3.78. The lowest BCUT2D eigenvalue weighted by molar-refractivity contribution is 0.176. The van der Waals surface area contributed by atoms with Gasteiger partial charge in [-0.1, -0.05) is 50.3 Å². The van der Waals surface area contributed by atoms with Gasteiger partial charge in [-0.05, 0) is 55.7 Å². The minimum Gasteiger partial charge on any atom is -0.380 e. The van der Waals surface area contributed by atoms with Crippen molar-refractivity contribution in [3.8, 4) is 0 Å². The molecule has 3 N–H and O–H groups in total. The van der Waals surface area contributed by atoms with Crippen LogP contribution in [0.3, 0.4) is 0 Å². The van der Waals surface area contributed by atoms with Crippen LogP contribution in [0.15, 0.2) is 18.2 Å². The number of hydrogen-bond donors (Lipinski definition) is 3. The molecule has 2 heterocycles. The summed E-state index contributed by atoms with van der Waals surface area (Å²) in [6, 6.07) is 7.19. The summed E-state index contributed by atoms with van der Waals surface area (Å²) in [5, 5.41) is 11.3. The second kappa shape index (κ2) is 7.45. The molecule has 3 nitrogen and oxygen atoms in total. The van der Waals surface area contributed by atoms with Gasteiger partial charge in [0.1, 0.15) is 0 Å². The van der Waals surface area contributed by atoms with Crippen LogP contribution in [-0.4, -0.2) is 25.3 Å². The molecule has 1 aromatic rings. The van der Waals surface area contributed by atoms with E-state index in [1.165, 1.54) is 68.3 Å². The summed E-state index contributed by atoms with van der Waals surface area (Å²) in [4.78, 5) is 0.